The summed E-state index contributed by atoms with van der Waals surface area (Å²) >= 11 is 0. The largest absolute Gasteiger partial charge is 0.347 e. The van der Waals surface area contributed by atoms with Crippen molar-refractivity contribution in [2.45, 2.75) is 38.1 Å². The molecule has 0 spiro atoms. The number of likely N-dealkylation sites (tertiary alicyclic amines) is 1. The molecule has 9 nitrogen and oxygen atoms in total. The van der Waals surface area contributed by atoms with E-state index in [9.17, 15) is 13.2 Å². The lowest BCUT2D eigenvalue weighted by Gasteiger charge is -2.25. The predicted molar refractivity (Wildman–Crippen MR) is 101 cm³/mol. The van der Waals surface area contributed by atoms with Crippen molar-refractivity contribution in [3.63, 3.8) is 0 Å². The van der Waals surface area contributed by atoms with E-state index in [2.05, 4.69) is 14.9 Å². The Labute approximate surface area is 164 Å². The molecule has 2 fully saturated rings. The number of fused-ring (bicyclic) bond motifs is 1. The summed E-state index contributed by atoms with van der Waals surface area (Å²) < 4.78 is 34.2. The van der Waals surface area contributed by atoms with E-state index >= 15 is 0 Å². The predicted octanol–water partition coefficient (Wildman–Crippen LogP) is 0.828. The van der Waals surface area contributed by atoms with E-state index in [1.165, 1.54) is 0 Å². The molecular weight excluding hydrogens is 382 g/mol. The van der Waals surface area contributed by atoms with Crippen LogP contribution in [-0.4, -0.2) is 58.8 Å². The van der Waals surface area contributed by atoms with Gasteiger partial charge < -0.3 is 14.0 Å². The molecule has 1 aliphatic heterocycles. The van der Waals surface area contributed by atoms with Crippen LogP contribution in [0.1, 0.15) is 42.0 Å². The van der Waals surface area contributed by atoms with Gasteiger partial charge in [0, 0.05) is 32.4 Å². The standard InChI is InChI=1S/C18H25N5O4S/c1-4-28(25,26)21-14-8-13-10-23(16(24)15-6-5-7-22(15)3)11-18(13,9-14)17-19-12(2)20-27-17/h5-7,13-14,21H,4,8-11H2,1-3H3/t13?,14-,18+/m1/s1. The van der Waals surface area contributed by atoms with Gasteiger partial charge in [-0.25, -0.2) is 13.1 Å². The summed E-state index contributed by atoms with van der Waals surface area (Å²) in [5, 5.41) is 3.93. The maximum atomic E-state index is 13.0. The van der Waals surface area contributed by atoms with E-state index in [4.69, 9.17) is 4.52 Å². The Hall–Kier alpha value is -2.20. The lowest BCUT2D eigenvalue weighted by atomic mass is 9.80. The normalized spacial score (nSPS) is 27.3. The average molecular weight is 407 g/mol. The summed E-state index contributed by atoms with van der Waals surface area (Å²) in [5.74, 6) is 1.09. The van der Waals surface area contributed by atoms with Crippen molar-refractivity contribution in [1.82, 2.24) is 24.3 Å². The number of hydrogen-bond donors (Lipinski definition) is 1. The molecule has 0 radical (unpaired) electrons. The van der Waals surface area contributed by atoms with Crippen molar-refractivity contribution in [2.75, 3.05) is 18.8 Å². The quantitative estimate of drug-likeness (QED) is 0.786. The number of nitrogens with one attached hydrogen (secondary N) is 1. The number of rotatable bonds is 5. The van der Waals surface area contributed by atoms with Crippen LogP contribution in [0.5, 0.6) is 0 Å². The average Bonchev–Trinajstić information content (AvgIpc) is 3.37. The Morgan fingerprint density at radius 2 is 2.25 bits per heavy atom. The molecule has 0 bridgehead atoms. The lowest BCUT2D eigenvalue weighted by molar-refractivity contribution is 0.0764. The van der Waals surface area contributed by atoms with E-state index in [0.717, 1.165) is 0 Å². The number of aromatic nitrogens is 3. The second-order valence-corrected chi connectivity index (χ2v) is 9.89. The second kappa shape index (κ2) is 6.70. The van der Waals surface area contributed by atoms with Gasteiger partial charge >= 0.3 is 0 Å². The summed E-state index contributed by atoms with van der Waals surface area (Å²) in [6, 6.07) is 3.45. The van der Waals surface area contributed by atoms with Crippen molar-refractivity contribution >= 4 is 15.9 Å². The van der Waals surface area contributed by atoms with Gasteiger partial charge in [0.05, 0.1) is 11.2 Å². The van der Waals surface area contributed by atoms with Crippen LogP contribution in [0, 0.1) is 12.8 Å². The van der Waals surface area contributed by atoms with Crippen LogP contribution in [0.15, 0.2) is 22.9 Å². The lowest BCUT2D eigenvalue weighted by Crippen LogP contribution is -2.40. The van der Waals surface area contributed by atoms with E-state index in [-0.39, 0.29) is 23.6 Å². The first-order valence-corrected chi connectivity index (χ1v) is 11.1. The molecule has 3 heterocycles. The fraction of sp³-hybridized carbons (Fsp3) is 0.611. The molecule has 10 heteroatoms. The Balaban J connectivity index is 1.63. The molecule has 2 aliphatic rings. The van der Waals surface area contributed by atoms with Gasteiger partial charge in [-0.3, -0.25) is 4.79 Å². The highest BCUT2D eigenvalue weighted by Gasteiger charge is 2.58. The zero-order valence-electron chi connectivity index (χ0n) is 16.3. The van der Waals surface area contributed by atoms with Gasteiger partial charge in [-0.05, 0) is 44.7 Å². The molecule has 0 aromatic carbocycles. The van der Waals surface area contributed by atoms with Crippen molar-refractivity contribution in [3.05, 3.63) is 35.7 Å². The zero-order valence-corrected chi connectivity index (χ0v) is 17.1. The highest BCUT2D eigenvalue weighted by atomic mass is 32.2. The second-order valence-electron chi connectivity index (χ2n) is 7.85. The van der Waals surface area contributed by atoms with Crippen LogP contribution >= 0.6 is 0 Å². The minimum absolute atomic E-state index is 0.0387. The highest BCUT2D eigenvalue weighted by Crippen LogP contribution is 2.50. The summed E-state index contributed by atoms with van der Waals surface area (Å²) in [5.41, 5.74) is 0.100. The number of hydrogen-bond acceptors (Lipinski definition) is 6. The Kier molecular flexibility index (Phi) is 4.58. The number of carbonyl (C=O) groups is 1. The Morgan fingerprint density at radius 3 is 2.86 bits per heavy atom. The third kappa shape index (κ3) is 3.14. The monoisotopic (exact) mass is 407 g/mol. The van der Waals surface area contributed by atoms with Gasteiger partial charge in [-0.15, -0.1) is 0 Å². The number of aryl methyl sites for hydroxylation is 2. The zero-order chi connectivity index (χ0) is 20.1. The molecule has 28 heavy (non-hydrogen) atoms. The smallest absolute Gasteiger partial charge is 0.270 e. The van der Waals surface area contributed by atoms with Crippen LogP contribution in [0.2, 0.25) is 0 Å². The topological polar surface area (TPSA) is 110 Å². The maximum Gasteiger partial charge on any atom is 0.270 e. The first-order chi connectivity index (χ1) is 13.2. The molecule has 2 aromatic rings. The van der Waals surface area contributed by atoms with Crippen LogP contribution in [0.4, 0.5) is 0 Å². The van der Waals surface area contributed by atoms with Crippen LogP contribution in [0.25, 0.3) is 0 Å². The molecule has 1 saturated carbocycles. The summed E-state index contributed by atoms with van der Waals surface area (Å²) in [7, 11) is -1.47. The Bertz CT molecular complexity index is 997. The van der Waals surface area contributed by atoms with Crippen molar-refractivity contribution in [3.8, 4) is 0 Å². The molecule has 1 saturated heterocycles. The molecule has 1 unspecified atom stereocenters. The number of amides is 1. The van der Waals surface area contributed by atoms with Crippen LogP contribution < -0.4 is 4.72 Å². The first kappa shape index (κ1) is 19.1. The van der Waals surface area contributed by atoms with E-state index < -0.39 is 15.4 Å². The summed E-state index contributed by atoms with van der Waals surface area (Å²) in [4.78, 5) is 19.3. The van der Waals surface area contributed by atoms with Gasteiger partial charge in [0.25, 0.3) is 5.91 Å². The fourth-order valence-corrected chi connectivity index (χ4v) is 5.48. The SMILES string of the molecule is CCS(=O)(=O)N[C@@H]1CC2CN(C(=O)c3cccn3C)C[C@@]2(c2nc(C)no2)C1. The highest BCUT2D eigenvalue weighted by molar-refractivity contribution is 7.89. The molecule has 2 aromatic heterocycles. The van der Waals surface area contributed by atoms with E-state index in [0.29, 0.717) is 43.3 Å². The van der Waals surface area contributed by atoms with Crippen molar-refractivity contribution in [2.24, 2.45) is 13.0 Å². The number of carbonyl (C=O) groups excluding carboxylic acids is 1. The minimum Gasteiger partial charge on any atom is -0.347 e. The number of nitrogens with zero attached hydrogens (tertiary/aromatic N) is 4. The Morgan fingerprint density at radius 1 is 1.46 bits per heavy atom. The molecule has 3 atom stereocenters. The molecule has 152 valence electrons. The molecule has 1 N–H and O–H groups in total. The van der Waals surface area contributed by atoms with Gasteiger partial charge in [0.1, 0.15) is 5.69 Å². The summed E-state index contributed by atoms with van der Waals surface area (Å²) in [6.07, 6.45) is 3.02. The van der Waals surface area contributed by atoms with Gasteiger partial charge in [0.15, 0.2) is 5.82 Å². The van der Waals surface area contributed by atoms with Crippen LogP contribution in [-0.2, 0) is 22.5 Å². The van der Waals surface area contributed by atoms with E-state index in [1.807, 2.05) is 24.2 Å². The van der Waals surface area contributed by atoms with Crippen molar-refractivity contribution in [1.29, 1.82) is 0 Å². The number of sulfonamides is 1. The minimum atomic E-state index is -3.31. The molecular formula is C18H25N5O4S. The van der Waals surface area contributed by atoms with Crippen molar-refractivity contribution < 1.29 is 17.7 Å². The third-order valence-electron chi connectivity index (χ3n) is 6.00. The maximum absolute atomic E-state index is 13.0. The van der Waals surface area contributed by atoms with E-state index in [1.54, 1.807) is 24.5 Å². The van der Waals surface area contributed by atoms with Gasteiger partial charge in [-0.2, -0.15) is 4.98 Å². The van der Waals surface area contributed by atoms with Crippen LogP contribution in [0.3, 0.4) is 0 Å². The third-order valence-corrected chi connectivity index (χ3v) is 7.46. The fourth-order valence-electron chi connectivity index (χ4n) is 4.63. The molecule has 4 rings (SSSR count). The molecule has 1 amide bonds. The first-order valence-electron chi connectivity index (χ1n) is 9.45. The summed E-state index contributed by atoms with van der Waals surface area (Å²) in [6.45, 7) is 4.35. The molecule has 1 aliphatic carbocycles. The van der Waals surface area contributed by atoms with Gasteiger partial charge in [-0.1, -0.05) is 5.16 Å². The van der Waals surface area contributed by atoms with Gasteiger partial charge in [0.2, 0.25) is 15.9 Å².